The number of nitrogens with zero attached hydrogens (tertiary/aromatic N) is 2. The van der Waals surface area contributed by atoms with Gasteiger partial charge >= 0.3 is 0 Å². The highest BCUT2D eigenvalue weighted by Gasteiger charge is 2.16. The summed E-state index contributed by atoms with van der Waals surface area (Å²) in [7, 11) is 0. The topological polar surface area (TPSA) is 57.9 Å². The number of aromatic nitrogens is 1. The van der Waals surface area contributed by atoms with Gasteiger partial charge in [0.15, 0.2) is 0 Å². The van der Waals surface area contributed by atoms with Crippen molar-refractivity contribution in [2.75, 3.05) is 18.5 Å². The predicted molar refractivity (Wildman–Crippen MR) is 77.2 cm³/mol. The molecule has 0 saturated heterocycles. The van der Waals surface area contributed by atoms with Crippen molar-refractivity contribution in [3.63, 3.8) is 0 Å². The second-order valence-corrected chi connectivity index (χ2v) is 5.04. The molecule has 0 aliphatic rings. The Labute approximate surface area is 115 Å². The Balaban J connectivity index is 2.99. The van der Waals surface area contributed by atoms with Crippen molar-refractivity contribution < 1.29 is 4.74 Å². The van der Waals surface area contributed by atoms with E-state index in [9.17, 15) is 5.26 Å². The molecule has 0 fully saturated rings. The Hall–Kier alpha value is -1.60. The van der Waals surface area contributed by atoms with E-state index in [1.807, 2.05) is 26.8 Å². The molecule has 1 aromatic rings. The molecule has 104 valence electrons. The minimum absolute atomic E-state index is 0.188. The fourth-order valence-corrected chi connectivity index (χ4v) is 1.93. The molecule has 0 bridgehead atoms. The lowest BCUT2D eigenvalue weighted by atomic mass is 10.0. The van der Waals surface area contributed by atoms with Crippen LogP contribution in [0, 0.1) is 31.1 Å². The summed E-state index contributed by atoms with van der Waals surface area (Å²) in [6, 6.07) is 4.34. The van der Waals surface area contributed by atoms with Crippen LogP contribution in [0.3, 0.4) is 0 Å². The predicted octanol–water partition coefficient (Wildman–Crippen LogP) is 3.04. The second kappa shape index (κ2) is 7.10. The molecule has 0 radical (unpaired) electrons. The molecule has 1 atom stereocenters. The van der Waals surface area contributed by atoms with E-state index in [1.165, 1.54) is 0 Å². The number of anilines is 1. The van der Waals surface area contributed by atoms with Crippen LogP contribution in [0.5, 0.6) is 0 Å². The minimum Gasteiger partial charge on any atom is -0.380 e. The highest BCUT2D eigenvalue weighted by Crippen LogP contribution is 2.21. The van der Waals surface area contributed by atoms with Crippen molar-refractivity contribution in [2.24, 2.45) is 5.92 Å². The zero-order valence-electron chi connectivity index (χ0n) is 12.4. The van der Waals surface area contributed by atoms with Crippen LogP contribution in [0.15, 0.2) is 6.07 Å². The molecular weight excluding hydrogens is 238 g/mol. The van der Waals surface area contributed by atoms with E-state index in [-0.39, 0.29) is 6.04 Å². The Morgan fingerprint density at radius 1 is 1.42 bits per heavy atom. The van der Waals surface area contributed by atoms with E-state index >= 15 is 0 Å². The smallest absolute Gasteiger partial charge is 0.103 e. The van der Waals surface area contributed by atoms with Gasteiger partial charge in [0.25, 0.3) is 0 Å². The fraction of sp³-hybridized carbons (Fsp3) is 0.600. The average Bonchev–Trinajstić information content (AvgIpc) is 2.33. The number of hydrogen-bond donors (Lipinski definition) is 1. The van der Waals surface area contributed by atoms with Crippen LogP contribution < -0.4 is 5.32 Å². The Morgan fingerprint density at radius 3 is 2.63 bits per heavy atom. The van der Waals surface area contributed by atoms with E-state index < -0.39 is 0 Å². The zero-order valence-corrected chi connectivity index (χ0v) is 12.4. The van der Waals surface area contributed by atoms with E-state index in [0.717, 1.165) is 17.1 Å². The third-order valence-corrected chi connectivity index (χ3v) is 3.09. The largest absolute Gasteiger partial charge is 0.380 e. The number of nitrogens with one attached hydrogen (secondary N) is 1. The van der Waals surface area contributed by atoms with Crippen LogP contribution in [-0.4, -0.2) is 24.2 Å². The lowest BCUT2D eigenvalue weighted by Gasteiger charge is -2.24. The van der Waals surface area contributed by atoms with Gasteiger partial charge in [-0.1, -0.05) is 13.8 Å². The lowest BCUT2D eigenvalue weighted by molar-refractivity contribution is 0.127. The summed E-state index contributed by atoms with van der Waals surface area (Å²) in [5.74, 6) is 0.423. The van der Waals surface area contributed by atoms with Gasteiger partial charge in [-0.25, -0.2) is 0 Å². The van der Waals surface area contributed by atoms with Gasteiger partial charge in [0.05, 0.1) is 29.6 Å². The molecule has 1 heterocycles. The molecule has 1 rings (SSSR count). The van der Waals surface area contributed by atoms with Gasteiger partial charge in [0.2, 0.25) is 0 Å². The Morgan fingerprint density at radius 2 is 2.11 bits per heavy atom. The van der Waals surface area contributed by atoms with Crippen LogP contribution in [0.2, 0.25) is 0 Å². The molecule has 0 aliphatic carbocycles. The average molecular weight is 261 g/mol. The van der Waals surface area contributed by atoms with Crippen molar-refractivity contribution in [1.82, 2.24) is 4.98 Å². The molecule has 0 aliphatic heterocycles. The van der Waals surface area contributed by atoms with Gasteiger partial charge in [0.1, 0.15) is 6.07 Å². The van der Waals surface area contributed by atoms with Gasteiger partial charge in [-0.3, -0.25) is 4.98 Å². The first-order valence-electron chi connectivity index (χ1n) is 6.72. The van der Waals surface area contributed by atoms with Gasteiger partial charge in [0, 0.05) is 12.3 Å². The zero-order chi connectivity index (χ0) is 14.4. The van der Waals surface area contributed by atoms with Crippen molar-refractivity contribution in [1.29, 1.82) is 5.26 Å². The van der Waals surface area contributed by atoms with Crippen LogP contribution in [-0.2, 0) is 4.74 Å². The van der Waals surface area contributed by atoms with E-state index in [2.05, 4.69) is 30.2 Å². The summed E-state index contributed by atoms with van der Waals surface area (Å²) in [6.07, 6.45) is 0. The van der Waals surface area contributed by atoms with Crippen molar-refractivity contribution in [3.8, 4) is 6.07 Å². The summed E-state index contributed by atoms with van der Waals surface area (Å²) < 4.78 is 5.50. The third-order valence-electron chi connectivity index (χ3n) is 3.09. The second-order valence-electron chi connectivity index (χ2n) is 5.04. The molecule has 1 unspecified atom stereocenters. The fourth-order valence-electron chi connectivity index (χ4n) is 1.93. The molecule has 1 aromatic heterocycles. The molecule has 0 saturated carbocycles. The number of aryl methyl sites for hydroxylation is 2. The monoisotopic (exact) mass is 261 g/mol. The summed E-state index contributed by atoms with van der Waals surface area (Å²) in [5, 5.41) is 12.7. The summed E-state index contributed by atoms with van der Waals surface area (Å²) in [6.45, 7) is 11.4. The number of rotatable bonds is 6. The van der Waals surface area contributed by atoms with Gasteiger partial charge in [-0.2, -0.15) is 5.26 Å². The van der Waals surface area contributed by atoms with Gasteiger partial charge in [-0.05, 0) is 32.8 Å². The molecule has 0 spiro atoms. The maximum atomic E-state index is 9.26. The lowest BCUT2D eigenvalue weighted by Crippen LogP contribution is -2.31. The SMILES string of the molecule is CCOCC(Nc1cc(C)nc(C)c1C#N)C(C)C. The van der Waals surface area contributed by atoms with Gasteiger partial charge < -0.3 is 10.1 Å². The highest BCUT2D eigenvalue weighted by atomic mass is 16.5. The first-order chi connectivity index (χ1) is 8.99. The van der Waals surface area contributed by atoms with Crippen LogP contribution in [0.1, 0.15) is 37.7 Å². The summed E-state index contributed by atoms with van der Waals surface area (Å²) in [4.78, 5) is 4.33. The van der Waals surface area contributed by atoms with Crippen LogP contribution in [0.25, 0.3) is 0 Å². The first-order valence-corrected chi connectivity index (χ1v) is 6.72. The Kier molecular flexibility index (Phi) is 5.78. The number of ether oxygens (including phenoxy) is 1. The standard InChI is InChI=1S/C15H23N3O/c1-6-19-9-15(10(2)3)18-14-7-11(4)17-12(5)13(14)8-16/h7,10,15H,6,9H2,1-5H3,(H,17,18). The number of hydrogen-bond acceptors (Lipinski definition) is 4. The van der Waals surface area contributed by atoms with E-state index in [1.54, 1.807) is 0 Å². The molecule has 0 amide bonds. The summed E-state index contributed by atoms with van der Waals surface area (Å²) in [5.41, 5.74) is 3.15. The molecule has 4 heteroatoms. The first kappa shape index (κ1) is 15.5. The Bertz CT molecular complexity index is 463. The molecule has 0 aromatic carbocycles. The van der Waals surface area contributed by atoms with Crippen molar-refractivity contribution >= 4 is 5.69 Å². The normalized spacial score (nSPS) is 12.3. The molecule has 19 heavy (non-hydrogen) atoms. The van der Waals surface area contributed by atoms with Crippen molar-refractivity contribution in [2.45, 2.75) is 40.7 Å². The number of nitriles is 1. The minimum atomic E-state index is 0.188. The third kappa shape index (κ3) is 4.22. The molecule has 4 nitrogen and oxygen atoms in total. The quantitative estimate of drug-likeness (QED) is 0.855. The summed E-state index contributed by atoms with van der Waals surface area (Å²) >= 11 is 0. The maximum absolute atomic E-state index is 9.26. The highest BCUT2D eigenvalue weighted by molar-refractivity contribution is 5.60. The molecular formula is C15H23N3O. The molecule has 1 N–H and O–H groups in total. The van der Waals surface area contributed by atoms with E-state index in [0.29, 0.717) is 24.7 Å². The number of pyridine rings is 1. The van der Waals surface area contributed by atoms with Crippen LogP contribution >= 0.6 is 0 Å². The van der Waals surface area contributed by atoms with Crippen molar-refractivity contribution in [3.05, 3.63) is 23.0 Å². The van der Waals surface area contributed by atoms with Crippen LogP contribution in [0.4, 0.5) is 5.69 Å². The van der Waals surface area contributed by atoms with E-state index in [4.69, 9.17) is 4.74 Å². The van der Waals surface area contributed by atoms with Gasteiger partial charge in [-0.15, -0.1) is 0 Å². The maximum Gasteiger partial charge on any atom is 0.103 e.